The fourth-order valence-electron chi connectivity index (χ4n) is 2.52. The van der Waals surface area contributed by atoms with Crippen LogP contribution in [0.5, 0.6) is 0 Å². The Labute approximate surface area is 161 Å². The Balaban J connectivity index is 1.80. The smallest absolute Gasteiger partial charge is 0.251 e. The van der Waals surface area contributed by atoms with Crippen molar-refractivity contribution in [1.29, 1.82) is 0 Å². The second-order valence-corrected chi connectivity index (χ2v) is 7.38. The summed E-state index contributed by atoms with van der Waals surface area (Å²) in [6, 6.07) is 9.54. The maximum atomic E-state index is 12.3. The normalized spacial score (nSPS) is 11.9. The van der Waals surface area contributed by atoms with Crippen LogP contribution in [0.2, 0.25) is 0 Å². The molecular weight excluding hydrogens is 340 g/mol. The van der Waals surface area contributed by atoms with E-state index >= 15 is 0 Å². The van der Waals surface area contributed by atoms with Crippen LogP contribution in [0.15, 0.2) is 47.7 Å². The molecule has 0 aliphatic rings. The van der Waals surface area contributed by atoms with E-state index in [4.69, 9.17) is 0 Å². The highest BCUT2D eigenvalue weighted by molar-refractivity contribution is 5.94. The minimum absolute atomic E-state index is 0.0644. The second-order valence-electron chi connectivity index (χ2n) is 7.38. The average Bonchev–Trinajstić information content (AvgIpc) is 3.13. The maximum Gasteiger partial charge on any atom is 0.251 e. The SMILES string of the molecule is CN=C(NCCCn1cccn1)NCc1cccc(C(=O)NC(C)(C)C)c1. The van der Waals surface area contributed by atoms with Gasteiger partial charge >= 0.3 is 0 Å². The largest absolute Gasteiger partial charge is 0.356 e. The van der Waals surface area contributed by atoms with Crippen LogP contribution in [0.4, 0.5) is 0 Å². The lowest BCUT2D eigenvalue weighted by atomic mass is 10.1. The van der Waals surface area contributed by atoms with Crippen molar-refractivity contribution in [3.8, 4) is 0 Å². The molecule has 7 heteroatoms. The molecule has 1 amide bonds. The van der Waals surface area contributed by atoms with Crippen molar-refractivity contribution >= 4 is 11.9 Å². The van der Waals surface area contributed by atoms with Crippen LogP contribution in [0, 0.1) is 0 Å². The lowest BCUT2D eigenvalue weighted by molar-refractivity contribution is 0.0919. The van der Waals surface area contributed by atoms with Gasteiger partial charge in [0.25, 0.3) is 5.91 Å². The molecule has 0 atom stereocenters. The van der Waals surface area contributed by atoms with Gasteiger partial charge < -0.3 is 16.0 Å². The third-order valence-corrected chi connectivity index (χ3v) is 3.78. The van der Waals surface area contributed by atoms with Gasteiger partial charge in [-0.3, -0.25) is 14.5 Å². The molecule has 1 aromatic carbocycles. The first-order chi connectivity index (χ1) is 12.9. The summed E-state index contributed by atoms with van der Waals surface area (Å²) in [4.78, 5) is 16.5. The molecule has 0 unspecified atom stereocenters. The summed E-state index contributed by atoms with van der Waals surface area (Å²) >= 11 is 0. The van der Waals surface area contributed by atoms with Crippen LogP contribution >= 0.6 is 0 Å². The maximum absolute atomic E-state index is 12.3. The number of carbonyl (C=O) groups excluding carboxylic acids is 1. The van der Waals surface area contributed by atoms with Gasteiger partial charge in [0.2, 0.25) is 0 Å². The zero-order chi connectivity index (χ0) is 19.7. The third kappa shape index (κ3) is 7.52. The van der Waals surface area contributed by atoms with E-state index in [0.717, 1.165) is 31.0 Å². The predicted octanol–water partition coefficient (Wildman–Crippen LogP) is 2.17. The molecule has 0 saturated heterocycles. The molecule has 0 aliphatic carbocycles. The quantitative estimate of drug-likeness (QED) is 0.396. The second kappa shape index (κ2) is 9.75. The number of aliphatic imine (C=N–C) groups is 1. The van der Waals surface area contributed by atoms with Crippen molar-refractivity contribution in [3.63, 3.8) is 0 Å². The third-order valence-electron chi connectivity index (χ3n) is 3.78. The van der Waals surface area contributed by atoms with E-state index in [0.29, 0.717) is 12.1 Å². The number of aromatic nitrogens is 2. The van der Waals surface area contributed by atoms with E-state index < -0.39 is 0 Å². The number of hydrogen-bond donors (Lipinski definition) is 3. The molecule has 2 rings (SSSR count). The number of aryl methyl sites for hydroxylation is 1. The van der Waals surface area contributed by atoms with E-state index in [1.807, 2.05) is 62.0 Å². The number of nitrogens with zero attached hydrogens (tertiary/aromatic N) is 3. The Bertz CT molecular complexity index is 746. The average molecular weight is 371 g/mol. The van der Waals surface area contributed by atoms with E-state index in [1.165, 1.54) is 0 Å². The molecule has 27 heavy (non-hydrogen) atoms. The molecule has 0 aliphatic heterocycles. The van der Waals surface area contributed by atoms with E-state index in [9.17, 15) is 4.79 Å². The van der Waals surface area contributed by atoms with Crippen molar-refractivity contribution in [1.82, 2.24) is 25.7 Å². The number of carbonyl (C=O) groups is 1. The van der Waals surface area contributed by atoms with Gasteiger partial charge in [0.05, 0.1) is 0 Å². The van der Waals surface area contributed by atoms with E-state index in [1.54, 1.807) is 13.2 Å². The van der Waals surface area contributed by atoms with Crippen LogP contribution in [-0.4, -0.2) is 40.8 Å². The Hall–Kier alpha value is -2.83. The molecule has 0 spiro atoms. The summed E-state index contributed by atoms with van der Waals surface area (Å²) in [6.07, 6.45) is 4.69. The highest BCUT2D eigenvalue weighted by atomic mass is 16.1. The molecule has 1 heterocycles. The summed E-state index contributed by atoms with van der Waals surface area (Å²) in [6.45, 7) is 8.17. The molecule has 7 nitrogen and oxygen atoms in total. The lowest BCUT2D eigenvalue weighted by Crippen LogP contribution is -2.40. The Morgan fingerprint density at radius 1 is 1.22 bits per heavy atom. The van der Waals surface area contributed by atoms with Gasteiger partial charge in [-0.2, -0.15) is 5.10 Å². The summed E-state index contributed by atoms with van der Waals surface area (Å²) in [5.41, 5.74) is 1.43. The molecule has 2 aromatic rings. The minimum Gasteiger partial charge on any atom is -0.356 e. The van der Waals surface area contributed by atoms with Crippen molar-refractivity contribution in [2.75, 3.05) is 13.6 Å². The van der Waals surface area contributed by atoms with Crippen LogP contribution in [0.3, 0.4) is 0 Å². The molecule has 0 bridgehead atoms. The number of nitrogens with one attached hydrogen (secondary N) is 3. The minimum atomic E-state index is -0.256. The first-order valence-electron chi connectivity index (χ1n) is 9.21. The summed E-state index contributed by atoms with van der Waals surface area (Å²) in [5, 5.41) is 13.7. The predicted molar refractivity (Wildman–Crippen MR) is 109 cm³/mol. The van der Waals surface area contributed by atoms with Crippen molar-refractivity contribution < 1.29 is 4.79 Å². The molecule has 0 radical (unpaired) electrons. The lowest BCUT2D eigenvalue weighted by Gasteiger charge is -2.20. The highest BCUT2D eigenvalue weighted by Crippen LogP contribution is 2.08. The van der Waals surface area contributed by atoms with Crippen molar-refractivity contribution in [3.05, 3.63) is 53.9 Å². The van der Waals surface area contributed by atoms with Gasteiger partial charge in [-0.15, -0.1) is 0 Å². The molecule has 1 aromatic heterocycles. The number of hydrogen-bond acceptors (Lipinski definition) is 3. The number of guanidine groups is 1. The van der Waals surface area contributed by atoms with E-state index in [2.05, 4.69) is 26.0 Å². The number of amides is 1. The van der Waals surface area contributed by atoms with Crippen LogP contribution < -0.4 is 16.0 Å². The monoisotopic (exact) mass is 370 g/mol. The summed E-state index contributed by atoms with van der Waals surface area (Å²) < 4.78 is 1.91. The van der Waals surface area contributed by atoms with Crippen LogP contribution in [0.1, 0.15) is 43.1 Å². The Kier molecular flexibility index (Phi) is 7.40. The fraction of sp³-hybridized carbons (Fsp3) is 0.450. The number of benzene rings is 1. The fourth-order valence-corrected chi connectivity index (χ4v) is 2.52. The molecule has 3 N–H and O–H groups in total. The molecular formula is C20H30N6O. The molecule has 0 fully saturated rings. The topological polar surface area (TPSA) is 83.3 Å². The van der Waals surface area contributed by atoms with Gasteiger partial charge in [-0.05, 0) is 51.0 Å². The van der Waals surface area contributed by atoms with Gasteiger partial charge in [-0.25, -0.2) is 0 Å². The summed E-state index contributed by atoms with van der Waals surface area (Å²) in [5.74, 6) is 0.672. The first-order valence-corrected chi connectivity index (χ1v) is 9.21. The summed E-state index contributed by atoms with van der Waals surface area (Å²) in [7, 11) is 1.75. The van der Waals surface area contributed by atoms with Gasteiger partial charge in [0.1, 0.15) is 0 Å². The van der Waals surface area contributed by atoms with Crippen LogP contribution in [0.25, 0.3) is 0 Å². The van der Waals surface area contributed by atoms with Crippen molar-refractivity contribution in [2.45, 2.75) is 45.8 Å². The zero-order valence-corrected chi connectivity index (χ0v) is 16.6. The Morgan fingerprint density at radius 2 is 2.04 bits per heavy atom. The first kappa shape index (κ1) is 20.5. The Morgan fingerprint density at radius 3 is 2.70 bits per heavy atom. The molecule has 146 valence electrons. The highest BCUT2D eigenvalue weighted by Gasteiger charge is 2.15. The van der Waals surface area contributed by atoms with Crippen molar-refractivity contribution in [2.24, 2.45) is 4.99 Å². The number of rotatable bonds is 7. The van der Waals surface area contributed by atoms with Gasteiger partial charge in [-0.1, -0.05) is 12.1 Å². The van der Waals surface area contributed by atoms with Gasteiger partial charge in [0, 0.05) is 50.2 Å². The van der Waals surface area contributed by atoms with Crippen LogP contribution in [-0.2, 0) is 13.1 Å². The standard InChI is InChI=1S/C20H30N6O/c1-20(2,3)25-18(27)17-9-5-8-16(14-17)15-23-19(21-4)22-10-6-12-26-13-7-11-24-26/h5,7-9,11,13-14H,6,10,12,15H2,1-4H3,(H,25,27)(H2,21,22,23). The zero-order valence-electron chi connectivity index (χ0n) is 16.6. The van der Waals surface area contributed by atoms with E-state index in [-0.39, 0.29) is 11.4 Å². The van der Waals surface area contributed by atoms with Gasteiger partial charge in [0.15, 0.2) is 5.96 Å². The molecule has 0 saturated carbocycles.